The van der Waals surface area contributed by atoms with Crippen molar-refractivity contribution in [2.45, 2.75) is 0 Å². The highest BCUT2D eigenvalue weighted by Gasteiger charge is 2.09. The molecule has 1 N–H and O–H groups in total. The quantitative estimate of drug-likeness (QED) is 0.373. The van der Waals surface area contributed by atoms with Gasteiger partial charge >= 0.3 is 0 Å². The molecule has 4 aromatic carbocycles. The maximum atomic E-state index is 4.53. The van der Waals surface area contributed by atoms with E-state index < -0.39 is 0 Å². The zero-order valence-corrected chi connectivity index (χ0v) is 15.6. The number of nitrogens with zero attached hydrogens (tertiary/aromatic N) is 2. The minimum Gasteiger partial charge on any atom is -0.354 e. The number of nitrogens with one attached hydrogen (secondary N) is 1. The summed E-state index contributed by atoms with van der Waals surface area (Å²) in [6.07, 6.45) is 1.65. The van der Waals surface area contributed by atoms with E-state index in [2.05, 4.69) is 87.7 Å². The monoisotopic (exact) mass is 371 g/mol. The maximum Gasteiger partial charge on any atom is 0.116 e. The van der Waals surface area contributed by atoms with Crippen LogP contribution in [-0.2, 0) is 0 Å². The summed E-state index contributed by atoms with van der Waals surface area (Å²) in [5.41, 5.74) is 7.66. The van der Waals surface area contributed by atoms with Crippen LogP contribution in [0.4, 0.5) is 0 Å². The van der Waals surface area contributed by atoms with Gasteiger partial charge in [0.05, 0.1) is 11.2 Å². The van der Waals surface area contributed by atoms with Gasteiger partial charge in [-0.15, -0.1) is 0 Å². The molecule has 2 aromatic heterocycles. The number of para-hydroxylation sites is 1. The molecule has 0 aliphatic rings. The van der Waals surface area contributed by atoms with E-state index in [0.717, 1.165) is 33.2 Å². The molecule has 0 amide bonds. The summed E-state index contributed by atoms with van der Waals surface area (Å²) in [6, 6.07) is 31.7. The average molecular weight is 371 g/mol. The lowest BCUT2D eigenvalue weighted by atomic mass is 10.00. The third-order valence-corrected chi connectivity index (χ3v) is 5.52. The molecule has 3 nitrogen and oxygen atoms in total. The standard InChI is InChI=1S/C26H17N3/c1-2-6-17(7-3-1)26-22-13-11-18(14-24(22)27-16-28-26)19-10-12-21-20-8-4-5-9-23(20)29-25(21)15-19/h1-16,29H. The van der Waals surface area contributed by atoms with Gasteiger partial charge in [-0.2, -0.15) is 0 Å². The highest BCUT2D eigenvalue weighted by molar-refractivity contribution is 6.08. The number of aromatic amines is 1. The number of benzene rings is 4. The van der Waals surface area contributed by atoms with Crippen molar-refractivity contribution in [3.8, 4) is 22.4 Å². The molecule has 0 fully saturated rings. The Labute approximate surface area is 167 Å². The molecule has 0 unspecified atom stereocenters. The zero-order valence-electron chi connectivity index (χ0n) is 15.6. The van der Waals surface area contributed by atoms with Crippen LogP contribution in [0.1, 0.15) is 0 Å². The number of fused-ring (bicyclic) bond motifs is 4. The number of aromatic nitrogens is 3. The lowest BCUT2D eigenvalue weighted by Crippen LogP contribution is -1.89. The van der Waals surface area contributed by atoms with Crippen molar-refractivity contribution in [2.75, 3.05) is 0 Å². The van der Waals surface area contributed by atoms with E-state index >= 15 is 0 Å². The first kappa shape index (κ1) is 16.0. The van der Waals surface area contributed by atoms with E-state index in [4.69, 9.17) is 0 Å². The second-order valence-electron chi connectivity index (χ2n) is 7.25. The lowest BCUT2D eigenvalue weighted by molar-refractivity contribution is 1.22. The molecule has 0 bridgehead atoms. The average Bonchev–Trinajstić information content (AvgIpc) is 3.17. The molecule has 0 aliphatic carbocycles. The molecule has 6 aromatic rings. The second-order valence-corrected chi connectivity index (χ2v) is 7.25. The number of hydrogen-bond acceptors (Lipinski definition) is 2. The molecule has 6 rings (SSSR count). The van der Waals surface area contributed by atoms with Crippen LogP contribution in [0, 0.1) is 0 Å². The van der Waals surface area contributed by atoms with Gasteiger partial charge in [-0.05, 0) is 35.4 Å². The highest BCUT2D eigenvalue weighted by atomic mass is 14.8. The summed E-state index contributed by atoms with van der Waals surface area (Å²) in [5.74, 6) is 0. The molecule has 3 heteroatoms. The molecular weight excluding hydrogens is 354 g/mol. The fourth-order valence-corrected chi connectivity index (χ4v) is 4.10. The normalized spacial score (nSPS) is 11.4. The molecule has 2 heterocycles. The van der Waals surface area contributed by atoms with Crippen LogP contribution in [-0.4, -0.2) is 15.0 Å². The Morgan fingerprint density at radius 2 is 1.24 bits per heavy atom. The fourth-order valence-electron chi connectivity index (χ4n) is 4.10. The van der Waals surface area contributed by atoms with Crippen molar-refractivity contribution >= 4 is 32.7 Å². The van der Waals surface area contributed by atoms with Crippen LogP contribution >= 0.6 is 0 Å². The summed E-state index contributed by atoms with van der Waals surface area (Å²) >= 11 is 0. The number of H-pyrrole nitrogens is 1. The predicted octanol–water partition coefficient (Wildman–Crippen LogP) is 6.60. The zero-order chi connectivity index (χ0) is 19.2. The Morgan fingerprint density at radius 1 is 0.517 bits per heavy atom. The SMILES string of the molecule is c1ccc(-c2ncnc3cc(-c4ccc5c(c4)[nH]c4ccccc45)ccc23)cc1. The van der Waals surface area contributed by atoms with Gasteiger partial charge in [-0.25, -0.2) is 9.97 Å². The minimum atomic E-state index is 0.952. The number of rotatable bonds is 2. The molecule has 0 saturated carbocycles. The first-order chi connectivity index (χ1) is 14.4. The van der Waals surface area contributed by atoms with Crippen molar-refractivity contribution in [3.63, 3.8) is 0 Å². The first-order valence-electron chi connectivity index (χ1n) is 9.68. The molecule has 29 heavy (non-hydrogen) atoms. The largest absolute Gasteiger partial charge is 0.354 e. The second kappa shape index (κ2) is 6.28. The Bertz CT molecular complexity index is 1500. The highest BCUT2D eigenvalue weighted by Crippen LogP contribution is 2.32. The molecule has 0 spiro atoms. The Morgan fingerprint density at radius 3 is 2.14 bits per heavy atom. The van der Waals surface area contributed by atoms with Gasteiger partial charge in [0.1, 0.15) is 6.33 Å². The van der Waals surface area contributed by atoms with E-state index in [0.29, 0.717) is 0 Å². The van der Waals surface area contributed by atoms with Crippen molar-refractivity contribution in [2.24, 2.45) is 0 Å². The van der Waals surface area contributed by atoms with Crippen molar-refractivity contribution in [1.29, 1.82) is 0 Å². The Balaban J connectivity index is 1.50. The van der Waals surface area contributed by atoms with Gasteiger partial charge in [-0.1, -0.05) is 66.7 Å². The summed E-state index contributed by atoms with van der Waals surface area (Å²) in [5, 5.41) is 3.57. The van der Waals surface area contributed by atoms with Crippen LogP contribution in [0.25, 0.3) is 55.1 Å². The van der Waals surface area contributed by atoms with Crippen molar-refractivity contribution < 1.29 is 0 Å². The van der Waals surface area contributed by atoms with Crippen LogP contribution in [0.15, 0.2) is 97.3 Å². The summed E-state index contributed by atoms with van der Waals surface area (Å²) < 4.78 is 0. The molecule has 0 saturated heterocycles. The van der Waals surface area contributed by atoms with Gasteiger partial charge < -0.3 is 4.98 Å². The van der Waals surface area contributed by atoms with Crippen LogP contribution in [0.5, 0.6) is 0 Å². The number of hydrogen-bond donors (Lipinski definition) is 1. The molecule has 0 atom stereocenters. The summed E-state index contributed by atoms with van der Waals surface area (Å²) in [4.78, 5) is 12.6. The smallest absolute Gasteiger partial charge is 0.116 e. The van der Waals surface area contributed by atoms with Gasteiger partial charge in [0, 0.05) is 32.8 Å². The van der Waals surface area contributed by atoms with Crippen LogP contribution in [0.3, 0.4) is 0 Å². The molecule has 0 radical (unpaired) electrons. The predicted molar refractivity (Wildman–Crippen MR) is 120 cm³/mol. The van der Waals surface area contributed by atoms with E-state index in [1.54, 1.807) is 6.33 Å². The van der Waals surface area contributed by atoms with E-state index in [1.165, 1.54) is 21.9 Å². The molecule has 0 aliphatic heterocycles. The van der Waals surface area contributed by atoms with Gasteiger partial charge in [-0.3, -0.25) is 0 Å². The maximum absolute atomic E-state index is 4.53. The van der Waals surface area contributed by atoms with Crippen molar-refractivity contribution in [1.82, 2.24) is 15.0 Å². The van der Waals surface area contributed by atoms with E-state index in [-0.39, 0.29) is 0 Å². The minimum absolute atomic E-state index is 0.952. The fraction of sp³-hybridized carbons (Fsp3) is 0. The molecule has 136 valence electrons. The van der Waals surface area contributed by atoms with Crippen molar-refractivity contribution in [3.05, 3.63) is 97.3 Å². The van der Waals surface area contributed by atoms with Gasteiger partial charge in [0.25, 0.3) is 0 Å². The van der Waals surface area contributed by atoms with E-state index in [9.17, 15) is 0 Å². The van der Waals surface area contributed by atoms with Crippen LogP contribution in [0.2, 0.25) is 0 Å². The third kappa shape index (κ3) is 2.59. The van der Waals surface area contributed by atoms with Gasteiger partial charge in [0.2, 0.25) is 0 Å². The van der Waals surface area contributed by atoms with Crippen LogP contribution < -0.4 is 0 Å². The Hall–Kier alpha value is -3.98. The molecular formula is C26H17N3. The third-order valence-electron chi connectivity index (χ3n) is 5.52. The summed E-state index contributed by atoms with van der Waals surface area (Å²) in [7, 11) is 0. The topological polar surface area (TPSA) is 41.6 Å². The Kier molecular flexibility index (Phi) is 3.47. The van der Waals surface area contributed by atoms with E-state index in [1.807, 2.05) is 18.2 Å². The van der Waals surface area contributed by atoms with Gasteiger partial charge in [0.15, 0.2) is 0 Å². The first-order valence-corrected chi connectivity index (χ1v) is 9.68. The lowest BCUT2D eigenvalue weighted by Gasteiger charge is -2.08. The summed E-state index contributed by atoms with van der Waals surface area (Å²) in [6.45, 7) is 0.